The van der Waals surface area contributed by atoms with Crippen molar-refractivity contribution in [1.29, 1.82) is 0 Å². The maximum Gasteiger partial charge on any atom is 0.250 e. The molecule has 0 saturated carbocycles. The molecular formula is C18H18N4O4. The molecule has 0 atom stereocenters. The molecule has 2 aromatic heterocycles. The fraction of sp³-hybridized carbons (Fsp3) is 0.167. The Hall–Kier alpha value is -3.55. The highest BCUT2D eigenvalue weighted by atomic mass is 16.5. The van der Waals surface area contributed by atoms with Crippen molar-refractivity contribution in [2.75, 3.05) is 19.5 Å². The Labute approximate surface area is 149 Å². The number of benzene rings is 1. The van der Waals surface area contributed by atoms with E-state index in [1.807, 2.05) is 13.0 Å². The molecule has 0 aliphatic carbocycles. The molecule has 0 fully saturated rings. The molecule has 1 aromatic carbocycles. The molecule has 0 bridgehead atoms. The van der Waals surface area contributed by atoms with E-state index in [-0.39, 0.29) is 11.9 Å². The number of amides is 1. The number of anilines is 1. The number of nitrogens with one attached hydrogen (secondary N) is 2. The number of ether oxygens (including phenoxy) is 2. The minimum Gasteiger partial charge on any atom is -0.497 e. The largest absolute Gasteiger partial charge is 0.497 e. The van der Waals surface area contributed by atoms with Gasteiger partial charge in [-0.25, -0.2) is 0 Å². The smallest absolute Gasteiger partial charge is 0.250 e. The fourth-order valence-corrected chi connectivity index (χ4v) is 2.28. The van der Waals surface area contributed by atoms with E-state index in [2.05, 4.69) is 20.5 Å². The lowest BCUT2D eigenvalue weighted by Crippen LogP contribution is -2.09. The van der Waals surface area contributed by atoms with E-state index < -0.39 is 0 Å². The first-order chi connectivity index (χ1) is 12.6. The number of hydrogen-bond acceptors (Lipinski definition) is 6. The molecule has 0 saturated heterocycles. The molecular weight excluding hydrogens is 336 g/mol. The summed E-state index contributed by atoms with van der Waals surface area (Å²) in [5.41, 5.74) is 0.697. The lowest BCUT2D eigenvalue weighted by Gasteiger charge is -2.07. The molecule has 8 nitrogen and oxygen atoms in total. The molecule has 0 unspecified atom stereocenters. The minimum absolute atomic E-state index is 0.156. The van der Waals surface area contributed by atoms with Gasteiger partial charge in [0, 0.05) is 12.1 Å². The lowest BCUT2D eigenvalue weighted by molar-refractivity contribution is -0.111. The quantitative estimate of drug-likeness (QED) is 0.660. The summed E-state index contributed by atoms with van der Waals surface area (Å²) in [5, 5.41) is 9.36. The van der Waals surface area contributed by atoms with Gasteiger partial charge in [0.05, 0.1) is 19.8 Å². The third-order valence-corrected chi connectivity index (χ3v) is 3.54. The van der Waals surface area contributed by atoms with Gasteiger partial charge in [0.1, 0.15) is 23.0 Å². The van der Waals surface area contributed by atoms with E-state index in [0.717, 1.165) is 5.76 Å². The van der Waals surface area contributed by atoms with Crippen LogP contribution in [0.15, 0.2) is 40.8 Å². The third-order valence-electron chi connectivity index (χ3n) is 3.54. The number of furan rings is 1. The van der Waals surface area contributed by atoms with Crippen molar-refractivity contribution >= 4 is 17.9 Å². The average Bonchev–Trinajstić information content (AvgIpc) is 3.28. The molecule has 3 rings (SSSR count). The number of carbonyl (C=O) groups is 1. The van der Waals surface area contributed by atoms with Crippen LogP contribution in [-0.4, -0.2) is 35.3 Å². The number of aryl methyl sites for hydroxylation is 1. The SMILES string of the molecule is COc1ccc(-c2nc(NC(=O)/C=C/c3ccc(C)o3)n[nH]2)c(OC)c1. The van der Waals surface area contributed by atoms with Crippen molar-refractivity contribution in [1.82, 2.24) is 15.2 Å². The minimum atomic E-state index is -0.369. The fourth-order valence-electron chi connectivity index (χ4n) is 2.28. The molecule has 26 heavy (non-hydrogen) atoms. The highest BCUT2D eigenvalue weighted by Crippen LogP contribution is 2.31. The van der Waals surface area contributed by atoms with E-state index in [1.54, 1.807) is 44.6 Å². The maximum absolute atomic E-state index is 12.0. The van der Waals surface area contributed by atoms with Gasteiger partial charge in [0.15, 0.2) is 5.82 Å². The molecule has 3 aromatic rings. The predicted molar refractivity (Wildman–Crippen MR) is 96.0 cm³/mol. The van der Waals surface area contributed by atoms with Gasteiger partial charge in [-0.05, 0) is 37.3 Å². The summed E-state index contributed by atoms with van der Waals surface area (Å²) in [6.45, 7) is 1.83. The van der Waals surface area contributed by atoms with Gasteiger partial charge in [-0.2, -0.15) is 4.98 Å². The summed E-state index contributed by atoms with van der Waals surface area (Å²) in [6, 6.07) is 8.92. The van der Waals surface area contributed by atoms with Crippen LogP contribution >= 0.6 is 0 Å². The van der Waals surface area contributed by atoms with Crippen LogP contribution in [0.4, 0.5) is 5.95 Å². The summed E-state index contributed by atoms with van der Waals surface area (Å²) < 4.78 is 15.9. The lowest BCUT2D eigenvalue weighted by atomic mass is 10.2. The average molecular weight is 354 g/mol. The highest BCUT2D eigenvalue weighted by molar-refractivity contribution is 6.00. The molecule has 2 heterocycles. The number of methoxy groups -OCH3 is 2. The molecule has 0 radical (unpaired) electrons. The molecule has 0 aliphatic rings. The Kier molecular flexibility index (Phi) is 5.02. The number of H-pyrrole nitrogens is 1. The summed E-state index contributed by atoms with van der Waals surface area (Å²) in [7, 11) is 3.13. The number of aromatic nitrogens is 3. The van der Waals surface area contributed by atoms with Gasteiger partial charge >= 0.3 is 0 Å². The Morgan fingerprint density at radius 3 is 2.77 bits per heavy atom. The van der Waals surface area contributed by atoms with Crippen LogP contribution in [0.1, 0.15) is 11.5 Å². The van der Waals surface area contributed by atoms with Crippen molar-refractivity contribution in [3.05, 3.63) is 47.9 Å². The zero-order valence-electron chi connectivity index (χ0n) is 14.6. The van der Waals surface area contributed by atoms with E-state index in [4.69, 9.17) is 13.9 Å². The first-order valence-electron chi connectivity index (χ1n) is 7.79. The normalized spacial score (nSPS) is 10.9. The summed E-state index contributed by atoms with van der Waals surface area (Å²) >= 11 is 0. The molecule has 2 N–H and O–H groups in total. The van der Waals surface area contributed by atoms with Crippen LogP contribution in [-0.2, 0) is 4.79 Å². The topological polar surface area (TPSA) is 102 Å². The standard InChI is InChI=1S/C18H18N4O4/c1-11-4-5-12(26-11)7-9-16(23)19-18-20-17(21-22-18)14-8-6-13(24-2)10-15(14)25-3/h4-10H,1-3H3,(H2,19,20,21,22,23)/b9-7+. The van der Waals surface area contributed by atoms with Gasteiger partial charge in [0.25, 0.3) is 5.91 Å². The number of rotatable bonds is 6. The number of hydrogen-bond donors (Lipinski definition) is 2. The van der Waals surface area contributed by atoms with Crippen LogP contribution < -0.4 is 14.8 Å². The van der Waals surface area contributed by atoms with Crippen molar-refractivity contribution in [3.8, 4) is 22.9 Å². The maximum atomic E-state index is 12.0. The Balaban J connectivity index is 1.72. The van der Waals surface area contributed by atoms with E-state index in [9.17, 15) is 4.79 Å². The van der Waals surface area contributed by atoms with Crippen molar-refractivity contribution in [2.45, 2.75) is 6.92 Å². The van der Waals surface area contributed by atoms with E-state index in [0.29, 0.717) is 28.6 Å². The second-order valence-corrected chi connectivity index (χ2v) is 5.34. The van der Waals surface area contributed by atoms with Gasteiger partial charge in [0.2, 0.25) is 5.95 Å². The van der Waals surface area contributed by atoms with Crippen molar-refractivity contribution in [2.24, 2.45) is 0 Å². The monoisotopic (exact) mass is 354 g/mol. The van der Waals surface area contributed by atoms with Gasteiger partial charge in [-0.1, -0.05) is 0 Å². The van der Waals surface area contributed by atoms with Crippen LogP contribution in [0.25, 0.3) is 17.5 Å². The first kappa shape index (κ1) is 17.3. The second kappa shape index (κ2) is 7.56. The molecule has 134 valence electrons. The van der Waals surface area contributed by atoms with E-state index in [1.165, 1.54) is 6.08 Å². The number of carbonyl (C=O) groups excluding carboxylic acids is 1. The van der Waals surface area contributed by atoms with Crippen molar-refractivity contribution in [3.63, 3.8) is 0 Å². The first-order valence-corrected chi connectivity index (χ1v) is 7.79. The summed E-state index contributed by atoms with van der Waals surface area (Å²) in [4.78, 5) is 16.2. The van der Waals surface area contributed by atoms with E-state index >= 15 is 0 Å². The number of nitrogens with zero attached hydrogens (tertiary/aromatic N) is 2. The molecule has 0 spiro atoms. The van der Waals surface area contributed by atoms with Crippen LogP contribution in [0.3, 0.4) is 0 Å². The van der Waals surface area contributed by atoms with Gasteiger partial charge in [-0.3, -0.25) is 15.2 Å². The Morgan fingerprint density at radius 2 is 2.08 bits per heavy atom. The second-order valence-electron chi connectivity index (χ2n) is 5.34. The number of aromatic amines is 1. The molecule has 1 amide bonds. The molecule has 8 heteroatoms. The van der Waals surface area contributed by atoms with Crippen LogP contribution in [0, 0.1) is 6.92 Å². The van der Waals surface area contributed by atoms with Crippen LogP contribution in [0.2, 0.25) is 0 Å². The third kappa shape index (κ3) is 3.92. The van der Waals surface area contributed by atoms with Crippen molar-refractivity contribution < 1.29 is 18.7 Å². The Bertz CT molecular complexity index is 942. The van der Waals surface area contributed by atoms with Gasteiger partial charge < -0.3 is 13.9 Å². The Morgan fingerprint density at radius 1 is 1.23 bits per heavy atom. The van der Waals surface area contributed by atoms with Crippen LogP contribution in [0.5, 0.6) is 11.5 Å². The zero-order valence-corrected chi connectivity index (χ0v) is 14.6. The summed E-state index contributed by atoms with van der Waals surface area (Å²) in [5.74, 6) is 2.86. The zero-order chi connectivity index (χ0) is 18.5. The molecule has 0 aliphatic heterocycles. The summed E-state index contributed by atoms with van der Waals surface area (Å²) in [6.07, 6.45) is 2.92. The van der Waals surface area contributed by atoms with Gasteiger partial charge in [-0.15, -0.1) is 5.10 Å². The predicted octanol–water partition coefficient (Wildman–Crippen LogP) is 3.04. The highest BCUT2D eigenvalue weighted by Gasteiger charge is 2.13.